The fourth-order valence-electron chi connectivity index (χ4n) is 2.24. The molecule has 23 heavy (non-hydrogen) atoms. The number of halogens is 1. The minimum atomic E-state index is -0.583. The molecular formula is C16H14FNO5. The molecule has 1 aliphatic rings. The van der Waals surface area contributed by atoms with Crippen molar-refractivity contribution >= 4 is 5.69 Å². The number of nitrogens with zero attached hydrogens (tertiary/aromatic N) is 1. The van der Waals surface area contributed by atoms with Gasteiger partial charge in [-0.2, -0.15) is 0 Å². The zero-order chi connectivity index (χ0) is 16.2. The molecule has 0 unspecified atom stereocenters. The van der Waals surface area contributed by atoms with Crippen molar-refractivity contribution in [3.63, 3.8) is 0 Å². The van der Waals surface area contributed by atoms with Crippen LogP contribution in [-0.4, -0.2) is 18.1 Å². The standard InChI is InChI=1S/C16H14FNO5/c17-13-4-1-11(2-5-13)10-23-15-6-3-12(9-14(15)18(19)20)16-21-7-8-22-16/h1-6,9,16H,7-8,10H2. The molecule has 3 rings (SSSR count). The summed E-state index contributed by atoms with van der Waals surface area (Å²) in [7, 11) is 0. The molecule has 0 spiro atoms. The third-order valence-corrected chi connectivity index (χ3v) is 3.38. The van der Waals surface area contributed by atoms with Crippen LogP contribution in [0.15, 0.2) is 42.5 Å². The van der Waals surface area contributed by atoms with Crippen molar-refractivity contribution in [1.82, 2.24) is 0 Å². The molecule has 1 fully saturated rings. The van der Waals surface area contributed by atoms with Crippen LogP contribution < -0.4 is 4.74 Å². The smallest absolute Gasteiger partial charge is 0.311 e. The highest BCUT2D eigenvalue weighted by Gasteiger charge is 2.23. The molecule has 1 heterocycles. The van der Waals surface area contributed by atoms with E-state index in [-0.39, 0.29) is 23.9 Å². The first-order chi connectivity index (χ1) is 11.1. The lowest BCUT2D eigenvalue weighted by Gasteiger charge is -2.11. The van der Waals surface area contributed by atoms with Gasteiger partial charge in [0.05, 0.1) is 18.1 Å². The summed E-state index contributed by atoms with van der Waals surface area (Å²) in [4.78, 5) is 10.7. The van der Waals surface area contributed by atoms with E-state index < -0.39 is 11.2 Å². The number of nitro groups is 1. The van der Waals surface area contributed by atoms with Crippen molar-refractivity contribution in [1.29, 1.82) is 0 Å². The summed E-state index contributed by atoms with van der Waals surface area (Å²) in [5, 5.41) is 11.2. The van der Waals surface area contributed by atoms with Gasteiger partial charge in [-0.15, -0.1) is 0 Å². The first-order valence-corrected chi connectivity index (χ1v) is 7.02. The fourth-order valence-corrected chi connectivity index (χ4v) is 2.24. The van der Waals surface area contributed by atoms with Crippen LogP contribution in [0.3, 0.4) is 0 Å². The van der Waals surface area contributed by atoms with E-state index in [4.69, 9.17) is 14.2 Å². The highest BCUT2D eigenvalue weighted by Crippen LogP contribution is 2.33. The van der Waals surface area contributed by atoms with Gasteiger partial charge < -0.3 is 14.2 Å². The van der Waals surface area contributed by atoms with E-state index in [0.717, 1.165) is 0 Å². The Balaban J connectivity index is 1.77. The number of rotatable bonds is 5. The number of ether oxygens (including phenoxy) is 3. The summed E-state index contributed by atoms with van der Waals surface area (Å²) in [6.45, 7) is 1.03. The molecule has 0 aliphatic carbocycles. The Morgan fingerprint density at radius 2 is 1.87 bits per heavy atom. The number of nitro benzene ring substituents is 1. The molecule has 2 aromatic carbocycles. The Morgan fingerprint density at radius 3 is 2.52 bits per heavy atom. The molecule has 0 saturated carbocycles. The maximum absolute atomic E-state index is 12.9. The lowest BCUT2D eigenvalue weighted by Crippen LogP contribution is -2.03. The second kappa shape index (κ2) is 6.72. The lowest BCUT2D eigenvalue weighted by molar-refractivity contribution is -0.386. The van der Waals surface area contributed by atoms with Gasteiger partial charge in [-0.1, -0.05) is 12.1 Å². The average molecular weight is 319 g/mol. The molecule has 0 atom stereocenters. The van der Waals surface area contributed by atoms with Crippen LogP contribution >= 0.6 is 0 Å². The van der Waals surface area contributed by atoms with Crippen molar-refractivity contribution in [2.75, 3.05) is 13.2 Å². The number of benzene rings is 2. The third-order valence-electron chi connectivity index (χ3n) is 3.38. The molecule has 1 saturated heterocycles. The molecule has 0 bridgehead atoms. The summed E-state index contributed by atoms with van der Waals surface area (Å²) >= 11 is 0. The normalized spacial score (nSPS) is 14.8. The first kappa shape index (κ1) is 15.4. The van der Waals surface area contributed by atoms with Gasteiger partial charge >= 0.3 is 5.69 Å². The third kappa shape index (κ3) is 3.64. The molecule has 6 nitrogen and oxygen atoms in total. The van der Waals surface area contributed by atoms with E-state index in [1.165, 1.54) is 24.3 Å². The van der Waals surface area contributed by atoms with Gasteiger partial charge in [0.2, 0.25) is 0 Å². The van der Waals surface area contributed by atoms with E-state index in [2.05, 4.69) is 0 Å². The molecule has 7 heteroatoms. The van der Waals surface area contributed by atoms with Gasteiger partial charge in [0, 0.05) is 11.6 Å². The largest absolute Gasteiger partial charge is 0.482 e. The summed E-state index contributed by atoms with van der Waals surface area (Å²) in [6, 6.07) is 10.3. The van der Waals surface area contributed by atoms with Crippen molar-refractivity contribution < 1.29 is 23.5 Å². The van der Waals surface area contributed by atoms with E-state index in [1.54, 1.807) is 18.2 Å². The monoisotopic (exact) mass is 319 g/mol. The Labute approximate surface area is 131 Å². The van der Waals surface area contributed by atoms with Crippen molar-refractivity contribution in [2.24, 2.45) is 0 Å². The lowest BCUT2D eigenvalue weighted by atomic mass is 10.1. The van der Waals surface area contributed by atoms with Crippen LogP contribution in [0.1, 0.15) is 17.4 Å². The molecule has 1 aliphatic heterocycles. The van der Waals surface area contributed by atoms with Gasteiger partial charge in [0.25, 0.3) is 0 Å². The summed E-state index contributed by atoms with van der Waals surface area (Å²) < 4.78 is 29.0. The summed E-state index contributed by atoms with van der Waals surface area (Å²) in [5.41, 5.74) is 1.12. The molecule has 0 N–H and O–H groups in total. The molecule has 2 aromatic rings. The van der Waals surface area contributed by atoms with Crippen LogP contribution in [0.2, 0.25) is 0 Å². The van der Waals surface area contributed by atoms with E-state index in [9.17, 15) is 14.5 Å². The van der Waals surface area contributed by atoms with Gasteiger partial charge in [-0.05, 0) is 29.8 Å². The van der Waals surface area contributed by atoms with Gasteiger partial charge in [0.1, 0.15) is 12.4 Å². The topological polar surface area (TPSA) is 70.8 Å². The summed E-state index contributed by atoms with van der Waals surface area (Å²) in [5.74, 6) is -0.207. The van der Waals surface area contributed by atoms with Crippen molar-refractivity contribution in [3.05, 3.63) is 69.5 Å². The SMILES string of the molecule is O=[N+]([O-])c1cc(C2OCCO2)ccc1OCc1ccc(F)cc1. The molecule has 0 aromatic heterocycles. The Bertz CT molecular complexity index is 698. The quantitative estimate of drug-likeness (QED) is 0.624. The van der Waals surface area contributed by atoms with Crippen molar-refractivity contribution in [2.45, 2.75) is 12.9 Å². The predicted octanol–water partition coefficient (Wildman–Crippen LogP) is 3.36. The maximum Gasteiger partial charge on any atom is 0.311 e. The average Bonchev–Trinajstić information content (AvgIpc) is 3.08. The van der Waals surface area contributed by atoms with Gasteiger partial charge in [-0.25, -0.2) is 4.39 Å². The second-order valence-corrected chi connectivity index (χ2v) is 4.97. The van der Waals surface area contributed by atoms with Crippen LogP contribution in [0.4, 0.5) is 10.1 Å². The predicted molar refractivity (Wildman–Crippen MR) is 78.5 cm³/mol. The zero-order valence-electron chi connectivity index (χ0n) is 12.1. The molecule has 0 radical (unpaired) electrons. The van der Waals surface area contributed by atoms with E-state index in [1.807, 2.05) is 0 Å². The van der Waals surface area contributed by atoms with E-state index in [0.29, 0.717) is 24.3 Å². The Hall–Kier alpha value is -2.51. The Kier molecular flexibility index (Phi) is 4.50. The van der Waals surface area contributed by atoms with Gasteiger partial charge in [0.15, 0.2) is 12.0 Å². The highest BCUT2D eigenvalue weighted by atomic mass is 19.1. The van der Waals surface area contributed by atoms with Gasteiger partial charge in [-0.3, -0.25) is 10.1 Å². The molecular weight excluding hydrogens is 305 g/mol. The summed E-state index contributed by atoms with van der Waals surface area (Å²) in [6.07, 6.45) is -0.583. The zero-order valence-corrected chi connectivity index (χ0v) is 12.1. The molecule has 0 amide bonds. The Morgan fingerprint density at radius 1 is 1.17 bits per heavy atom. The van der Waals surface area contributed by atoms with Crippen LogP contribution in [0, 0.1) is 15.9 Å². The highest BCUT2D eigenvalue weighted by molar-refractivity contribution is 5.49. The van der Waals surface area contributed by atoms with Crippen LogP contribution in [0.5, 0.6) is 5.75 Å². The minimum Gasteiger partial charge on any atom is -0.482 e. The molecule has 120 valence electrons. The maximum atomic E-state index is 12.9. The fraction of sp³-hybridized carbons (Fsp3) is 0.250. The number of hydrogen-bond donors (Lipinski definition) is 0. The number of hydrogen-bond acceptors (Lipinski definition) is 5. The van der Waals surface area contributed by atoms with E-state index >= 15 is 0 Å². The van der Waals surface area contributed by atoms with Crippen LogP contribution in [0.25, 0.3) is 0 Å². The van der Waals surface area contributed by atoms with Crippen molar-refractivity contribution in [3.8, 4) is 5.75 Å². The van der Waals surface area contributed by atoms with Crippen LogP contribution in [-0.2, 0) is 16.1 Å². The first-order valence-electron chi connectivity index (χ1n) is 7.02. The second-order valence-electron chi connectivity index (χ2n) is 4.97. The minimum absolute atomic E-state index is 0.108.